The average Bonchev–Trinajstić information content (AvgIpc) is 2.75. The number of rotatable bonds is 3. The molecule has 29 heavy (non-hydrogen) atoms. The van der Waals surface area contributed by atoms with Crippen LogP contribution >= 0.6 is 0 Å². The minimum Gasteiger partial charge on any atom is -0.391 e. The quantitative estimate of drug-likeness (QED) is 0.697. The van der Waals surface area contributed by atoms with Gasteiger partial charge in [0, 0.05) is 23.8 Å². The van der Waals surface area contributed by atoms with Gasteiger partial charge in [-0.05, 0) is 54.3 Å². The molecule has 2 atom stereocenters. The molecule has 2 aromatic carbocycles. The minimum atomic E-state index is -0.254. The van der Waals surface area contributed by atoms with Gasteiger partial charge in [0.15, 0.2) is 0 Å². The highest BCUT2D eigenvalue weighted by atomic mass is 16.3. The van der Waals surface area contributed by atoms with Gasteiger partial charge in [-0.2, -0.15) is 0 Å². The first-order valence-electron chi connectivity index (χ1n) is 10.6. The zero-order valence-electron chi connectivity index (χ0n) is 16.9. The topological polar surface area (TPSA) is 48.7 Å². The lowest BCUT2D eigenvalue weighted by molar-refractivity contribution is 0.0496. The van der Waals surface area contributed by atoms with Crippen molar-refractivity contribution in [1.29, 1.82) is 0 Å². The molecule has 0 unspecified atom stereocenters. The van der Waals surface area contributed by atoms with Crippen LogP contribution in [-0.2, 0) is 13.0 Å². The Morgan fingerprint density at radius 3 is 2.69 bits per heavy atom. The first-order valence-corrected chi connectivity index (χ1v) is 10.6. The van der Waals surface area contributed by atoms with E-state index < -0.39 is 0 Å². The Labute approximate surface area is 171 Å². The monoisotopic (exact) mass is 385 g/mol. The van der Waals surface area contributed by atoms with Gasteiger partial charge in [0.05, 0.1) is 24.2 Å². The minimum absolute atomic E-state index is 0.178. The van der Waals surface area contributed by atoms with E-state index in [2.05, 4.69) is 52.3 Å². The van der Waals surface area contributed by atoms with Gasteiger partial charge in [0.25, 0.3) is 0 Å². The number of nitrogens with zero attached hydrogens (tertiary/aromatic N) is 3. The Morgan fingerprint density at radius 2 is 1.90 bits per heavy atom. The Balaban J connectivity index is 1.53. The van der Waals surface area contributed by atoms with Crippen LogP contribution in [0.2, 0.25) is 0 Å². The van der Waals surface area contributed by atoms with Crippen molar-refractivity contribution < 1.29 is 5.11 Å². The number of benzene rings is 2. The summed E-state index contributed by atoms with van der Waals surface area (Å²) >= 11 is 0. The van der Waals surface area contributed by atoms with Gasteiger partial charge in [-0.15, -0.1) is 0 Å². The third-order valence-electron chi connectivity index (χ3n) is 6.36. The van der Waals surface area contributed by atoms with E-state index in [4.69, 9.17) is 4.99 Å². The van der Waals surface area contributed by atoms with E-state index in [1.807, 2.05) is 19.5 Å². The predicted octanol–water partition coefficient (Wildman–Crippen LogP) is 4.91. The number of hydrogen-bond donors (Lipinski definition) is 1. The summed E-state index contributed by atoms with van der Waals surface area (Å²) in [6, 6.07) is 15.3. The maximum atomic E-state index is 10.5. The van der Waals surface area contributed by atoms with Crippen molar-refractivity contribution in [1.82, 2.24) is 9.88 Å². The molecule has 1 aromatic heterocycles. The molecule has 5 rings (SSSR count). The van der Waals surface area contributed by atoms with Gasteiger partial charge < -0.3 is 10.0 Å². The molecule has 1 saturated carbocycles. The normalized spacial score (nSPS) is 21.4. The fourth-order valence-electron chi connectivity index (χ4n) is 4.79. The maximum Gasteiger partial charge on any atom is 0.0919 e. The Kier molecular flexibility index (Phi) is 4.80. The fraction of sp³-hybridized carbons (Fsp3) is 0.360. The molecule has 1 N–H and O–H groups in total. The molecule has 2 aliphatic rings. The zero-order chi connectivity index (χ0) is 19.8. The third kappa shape index (κ3) is 3.53. The fourth-order valence-corrected chi connectivity index (χ4v) is 4.79. The van der Waals surface area contributed by atoms with E-state index in [0.717, 1.165) is 43.6 Å². The predicted molar refractivity (Wildman–Crippen MR) is 118 cm³/mol. The maximum absolute atomic E-state index is 10.5. The first kappa shape index (κ1) is 18.3. The van der Waals surface area contributed by atoms with Crippen LogP contribution < -0.4 is 0 Å². The molecule has 0 bridgehead atoms. The lowest BCUT2D eigenvalue weighted by Crippen LogP contribution is -2.45. The van der Waals surface area contributed by atoms with Gasteiger partial charge in [0.1, 0.15) is 0 Å². The largest absolute Gasteiger partial charge is 0.391 e. The summed E-state index contributed by atoms with van der Waals surface area (Å²) < 4.78 is 0. The van der Waals surface area contributed by atoms with Gasteiger partial charge >= 0.3 is 0 Å². The molecule has 2 heterocycles. The van der Waals surface area contributed by atoms with Crippen LogP contribution in [0.1, 0.15) is 48.1 Å². The van der Waals surface area contributed by atoms with Crippen molar-refractivity contribution >= 4 is 22.8 Å². The molecule has 4 nitrogen and oxygen atoms in total. The van der Waals surface area contributed by atoms with Crippen molar-refractivity contribution in [3.8, 4) is 0 Å². The number of fused-ring (bicyclic) bond motifs is 3. The molecule has 0 saturated heterocycles. The summed E-state index contributed by atoms with van der Waals surface area (Å²) in [4.78, 5) is 11.6. The molecule has 1 fully saturated rings. The second-order valence-electron chi connectivity index (χ2n) is 8.41. The molecular weight excluding hydrogens is 358 g/mol. The lowest BCUT2D eigenvalue weighted by Gasteiger charge is -2.38. The van der Waals surface area contributed by atoms with Crippen LogP contribution in [0.15, 0.2) is 53.7 Å². The molecule has 0 spiro atoms. The van der Waals surface area contributed by atoms with E-state index in [1.54, 1.807) is 0 Å². The van der Waals surface area contributed by atoms with E-state index in [-0.39, 0.29) is 12.1 Å². The van der Waals surface area contributed by atoms with Crippen LogP contribution in [0.5, 0.6) is 0 Å². The SMILES string of the molecule is Cc1ccc(Cc2cc3c(c4ccccc24)N=CN([C@@H]2CCCC[C@H]2O)C3)cn1. The standard InChI is InChI=1S/C25H27N3O/c1-17-10-11-18(14-26-17)12-19-13-20-15-28(23-8-4-5-9-24(23)29)16-27-25(20)22-7-3-2-6-21(19)22/h2-3,6-7,10-11,13-14,16,23-24,29H,4-5,8-9,12,15H2,1H3/t23-,24-/m1/s1. The Hall–Kier alpha value is -2.72. The van der Waals surface area contributed by atoms with Crippen LogP contribution in [0.4, 0.5) is 5.69 Å². The second kappa shape index (κ2) is 7.60. The van der Waals surface area contributed by atoms with E-state index in [1.165, 1.54) is 33.9 Å². The molecule has 1 aliphatic carbocycles. The van der Waals surface area contributed by atoms with E-state index in [9.17, 15) is 5.11 Å². The molecule has 148 valence electrons. The molecular formula is C25H27N3O. The number of aliphatic hydroxyl groups excluding tert-OH is 1. The zero-order valence-corrected chi connectivity index (χ0v) is 16.9. The third-order valence-corrected chi connectivity index (χ3v) is 6.36. The molecule has 0 amide bonds. The summed E-state index contributed by atoms with van der Waals surface area (Å²) in [6.45, 7) is 2.83. The number of pyridine rings is 1. The highest BCUT2D eigenvalue weighted by Gasteiger charge is 2.29. The summed E-state index contributed by atoms with van der Waals surface area (Å²) in [6.07, 6.45) is 8.78. The molecule has 1 aliphatic heterocycles. The van der Waals surface area contributed by atoms with Gasteiger partial charge in [0.2, 0.25) is 0 Å². The van der Waals surface area contributed by atoms with Crippen molar-refractivity contribution in [3.05, 3.63) is 71.0 Å². The number of aliphatic hydroxyl groups is 1. The summed E-state index contributed by atoms with van der Waals surface area (Å²) in [5.41, 5.74) is 5.90. The lowest BCUT2D eigenvalue weighted by atomic mass is 9.90. The van der Waals surface area contributed by atoms with Crippen molar-refractivity contribution in [2.24, 2.45) is 4.99 Å². The van der Waals surface area contributed by atoms with Crippen molar-refractivity contribution in [2.75, 3.05) is 0 Å². The number of aromatic nitrogens is 1. The van der Waals surface area contributed by atoms with Crippen molar-refractivity contribution in [2.45, 2.75) is 57.7 Å². The Bertz CT molecular complexity index is 1060. The molecule has 3 aromatic rings. The highest BCUT2D eigenvalue weighted by Crippen LogP contribution is 2.37. The number of aliphatic imine (C=N–C) groups is 1. The Morgan fingerprint density at radius 1 is 1.07 bits per heavy atom. The van der Waals surface area contributed by atoms with Crippen LogP contribution in [-0.4, -0.2) is 33.5 Å². The van der Waals surface area contributed by atoms with Gasteiger partial charge in [-0.1, -0.05) is 49.2 Å². The average molecular weight is 386 g/mol. The van der Waals surface area contributed by atoms with Gasteiger partial charge in [-0.3, -0.25) is 4.98 Å². The summed E-state index contributed by atoms with van der Waals surface area (Å²) in [5, 5.41) is 13.0. The number of hydrogen-bond acceptors (Lipinski definition) is 4. The van der Waals surface area contributed by atoms with Crippen molar-refractivity contribution in [3.63, 3.8) is 0 Å². The van der Waals surface area contributed by atoms with Crippen LogP contribution in [0.3, 0.4) is 0 Å². The number of aryl methyl sites for hydroxylation is 1. The summed E-state index contributed by atoms with van der Waals surface area (Å²) in [7, 11) is 0. The second-order valence-corrected chi connectivity index (χ2v) is 8.41. The smallest absolute Gasteiger partial charge is 0.0919 e. The van der Waals surface area contributed by atoms with E-state index in [0.29, 0.717) is 0 Å². The van der Waals surface area contributed by atoms with Crippen LogP contribution in [0.25, 0.3) is 10.8 Å². The van der Waals surface area contributed by atoms with Crippen LogP contribution in [0, 0.1) is 6.92 Å². The molecule has 0 radical (unpaired) electrons. The highest BCUT2D eigenvalue weighted by molar-refractivity contribution is 5.98. The molecule has 4 heteroatoms. The summed E-state index contributed by atoms with van der Waals surface area (Å²) in [5.74, 6) is 0. The van der Waals surface area contributed by atoms with Gasteiger partial charge in [-0.25, -0.2) is 4.99 Å². The first-order chi connectivity index (χ1) is 14.2. The van der Waals surface area contributed by atoms with E-state index >= 15 is 0 Å².